The Morgan fingerprint density at radius 1 is 1.00 bits per heavy atom. The predicted octanol–water partition coefficient (Wildman–Crippen LogP) is 2.99. The van der Waals surface area contributed by atoms with E-state index in [0.717, 1.165) is 13.0 Å². The Bertz CT molecular complexity index is 278. The van der Waals surface area contributed by atoms with Crippen molar-refractivity contribution in [2.45, 2.75) is 70.5 Å². The highest BCUT2D eigenvalue weighted by molar-refractivity contribution is 7.86. The Morgan fingerprint density at radius 3 is 2.11 bits per heavy atom. The Hall–Kier alpha value is -0.130. The van der Waals surface area contributed by atoms with Gasteiger partial charge >= 0.3 is 0 Å². The van der Waals surface area contributed by atoms with Gasteiger partial charge in [-0.05, 0) is 32.9 Å². The fourth-order valence-corrected chi connectivity index (χ4v) is 2.20. The van der Waals surface area contributed by atoms with Gasteiger partial charge < -0.3 is 5.32 Å². The average molecular weight is 279 g/mol. The minimum atomic E-state index is -3.85. The molecule has 0 aromatic heterocycles. The molecular formula is C13H29NO3S. The minimum Gasteiger partial charge on any atom is -0.317 e. The van der Waals surface area contributed by atoms with Gasteiger partial charge in [0.1, 0.15) is 0 Å². The number of unbranched alkanes of at least 4 members (excludes halogenated alkanes) is 6. The van der Waals surface area contributed by atoms with Crippen LogP contribution in [0, 0.1) is 0 Å². The zero-order chi connectivity index (χ0) is 13.9. The van der Waals surface area contributed by atoms with Gasteiger partial charge in [-0.3, -0.25) is 4.55 Å². The van der Waals surface area contributed by atoms with Crippen molar-refractivity contribution in [3.05, 3.63) is 0 Å². The minimum absolute atomic E-state index is 0.468. The summed E-state index contributed by atoms with van der Waals surface area (Å²) in [6.45, 7) is 5.34. The first-order valence-electron chi connectivity index (χ1n) is 7.15. The molecule has 0 aliphatic carbocycles. The Kier molecular flexibility index (Phi) is 10.7. The van der Waals surface area contributed by atoms with Crippen LogP contribution >= 0.6 is 0 Å². The van der Waals surface area contributed by atoms with Gasteiger partial charge in [0, 0.05) is 0 Å². The summed E-state index contributed by atoms with van der Waals surface area (Å²) < 4.78 is 30.3. The molecule has 110 valence electrons. The highest BCUT2D eigenvalue weighted by Crippen LogP contribution is 2.06. The third kappa shape index (κ3) is 11.0. The molecule has 4 nitrogen and oxygen atoms in total. The quantitative estimate of drug-likeness (QED) is 0.426. The van der Waals surface area contributed by atoms with E-state index in [-0.39, 0.29) is 0 Å². The molecule has 2 N–H and O–H groups in total. The summed E-state index contributed by atoms with van der Waals surface area (Å²) in [4.78, 5) is 0. The summed E-state index contributed by atoms with van der Waals surface area (Å²) in [6.07, 6.45) is 9.44. The first kappa shape index (κ1) is 17.9. The van der Waals surface area contributed by atoms with Crippen molar-refractivity contribution in [2.75, 3.05) is 13.1 Å². The highest BCUT2D eigenvalue weighted by Gasteiger charge is 2.15. The van der Waals surface area contributed by atoms with E-state index in [1.54, 1.807) is 0 Å². The predicted molar refractivity (Wildman–Crippen MR) is 76.5 cm³/mol. The summed E-state index contributed by atoms with van der Waals surface area (Å²) in [6, 6.07) is 0. The molecule has 0 saturated heterocycles. The molecule has 0 bridgehead atoms. The van der Waals surface area contributed by atoms with Gasteiger partial charge in [-0.25, -0.2) is 0 Å². The summed E-state index contributed by atoms with van der Waals surface area (Å²) in [5, 5.41) is 2.55. The van der Waals surface area contributed by atoms with Gasteiger partial charge in [0.15, 0.2) is 0 Å². The molecule has 18 heavy (non-hydrogen) atoms. The molecule has 0 aromatic carbocycles. The van der Waals surface area contributed by atoms with Gasteiger partial charge in [-0.1, -0.05) is 45.4 Å². The zero-order valence-electron chi connectivity index (χ0n) is 11.8. The molecule has 0 fully saturated rings. The summed E-state index contributed by atoms with van der Waals surface area (Å²) in [5.41, 5.74) is 0. The van der Waals surface area contributed by atoms with Crippen LogP contribution in [0.15, 0.2) is 0 Å². The molecule has 1 atom stereocenters. The fourth-order valence-electron chi connectivity index (χ4n) is 1.79. The van der Waals surface area contributed by atoms with Crippen molar-refractivity contribution < 1.29 is 13.0 Å². The number of rotatable bonds is 12. The lowest BCUT2D eigenvalue weighted by Crippen LogP contribution is -2.24. The third-order valence-corrected chi connectivity index (χ3v) is 4.45. The molecule has 0 amide bonds. The lowest BCUT2D eigenvalue weighted by atomic mass is 10.1. The van der Waals surface area contributed by atoms with Crippen LogP contribution in [-0.4, -0.2) is 31.3 Å². The van der Waals surface area contributed by atoms with Crippen LogP contribution in [0.5, 0.6) is 0 Å². The standard InChI is InChI=1S/C13H29NO3S/c1-3-4-5-6-7-8-9-11-14-12-10-13(2)18(15,16)17/h13-14H,3-12H2,1-2H3,(H,15,16,17). The molecule has 0 radical (unpaired) electrons. The molecule has 0 aliphatic heterocycles. The molecule has 0 aromatic rings. The molecule has 0 spiro atoms. The maximum Gasteiger partial charge on any atom is 0.267 e. The van der Waals surface area contributed by atoms with Crippen molar-refractivity contribution >= 4 is 10.1 Å². The van der Waals surface area contributed by atoms with E-state index in [4.69, 9.17) is 4.55 Å². The van der Waals surface area contributed by atoms with Crippen LogP contribution in [0.1, 0.15) is 65.2 Å². The Morgan fingerprint density at radius 2 is 1.56 bits per heavy atom. The van der Waals surface area contributed by atoms with Gasteiger partial charge in [-0.15, -0.1) is 0 Å². The van der Waals surface area contributed by atoms with Gasteiger partial charge in [0.05, 0.1) is 5.25 Å². The van der Waals surface area contributed by atoms with Gasteiger partial charge in [0.25, 0.3) is 10.1 Å². The summed E-state index contributed by atoms with van der Waals surface area (Å²) in [7, 11) is -3.85. The SMILES string of the molecule is CCCCCCCCCNCCC(C)S(=O)(=O)O. The number of hydrogen-bond acceptors (Lipinski definition) is 3. The van der Waals surface area contributed by atoms with E-state index in [1.165, 1.54) is 45.4 Å². The van der Waals surface area contributed by atoms with E-state index >= 15 is 0 Å². The van der Waals surface area contributed by atoms with Crippen LogP contribution < -0.4 is 5.32 Å². The topological polar surface area (TPSA) is 66.4 Å². The molecule has 1 unspecified atom stereocenters. The van der Waals surface area contributed by atoms with Gasteiger partial charge in [0.2, 0.25) is 0 Å². The normalized spacial score (nSPS) is 13.7. The van der Waals surface area contributed by atoms with Crippen molar-refractivity contribution in [2.24, 2.45) is 0 Å². The van der Waals surface area contributed by atoms with Crippen molar-refractivity contribution in [1.82, 2.24) is 5.32 Å². The van der Waals surface area contributed by atoms with Crippen LogP contribution in [-0.2, 0) is 10.1 Å². The van der Waals surface area contributed by atoms with E-state index in [1.807, 2.05) is 0 Å². The lowest BCUT2D eigenvalue weighted by Gasteiger charge is -2.08. The monoisotopic (exact) mass is 279 g/mol. The van der Waals surface area contributed by atoms with Crippen molar-refractivity contribution in [3.63, 3.8) is 0 Å². The molecule has 0 rings (SSSR count). The second-order valence-electron chi connectivity index (χ2n) is 4.99. The summed E-state index contributed by atoms with van der Waals surface area (Å²) in [5.74, 6) is 0. The lowest BCUT2D eigenvalue weighted by molar-refractivity contribution is 0.462. The maximum atomic E-state index is 10.8. The van der Waals surface area contributed by atoms with E-state index in [0.29, 0.717) is 13.0 Å². The van der Waals surface area contributed by atoms with E-state index in [2.05, 4.69) is 12.2 Å². The van der Waals surface area contributed by atoms with Crippen molar-refractivity contribution in [1.29, 1.82) is 0 Å². The molecule has 0 heterocycles. The number of hydrogen-bond donors (Lipinski definition) is 2. The first-order chi connectivity index (χ1) is 8.48. The smallest absolute Gasteiger partial charge is 0.267 e. The summed E-state index contributed by atoms with van der Waals surface area (Å²) >= 11 is 0. The molecule has 0 aliphatic rings. The van der Waals surface area contributed by atoms with Crippen LogP contribution in [0.4, 0.5) is 0 Å². The maximum absolute atomic E-state index is 10.8. The van der Waals surface area contributed by atoms with Crippen molar-refractivity contribution in [3.8, 4) is 0 Å². The fraction of sp³-hybridized carbons (Fsp3) is 1.00. The van der Waals surface area contributed by atoms with Crippen LogP contribution in [0.25, 0.3) is 0 Å². The number of nitrogens with one attached hydrogen (secondary N) is 1. The third-order valence-electron chi connectivity index (χ3n) is 3.19. The largest absolute Gasteiger partial charge is 0.317 e. The Labute approximate surface area is 112 Å². The van der Waals surface area contributed by atoms with E-state index in [9.17, 15) is 8.42 Å². The molecule has 5 heteroatoms. The first-order valence-corrected chi connectivity index (χ1v) is 8.65. The Balaban J connectivity index is 3.22. The molecular weight excluding hydrogens is 250 g/mol. The van der Waals surface area contributed by atoms with Gasteiger partial charge in [-0.2, -0.15) is 8.42 Å². The van der Waals surface area contributed by atoms with E-state index < -0.39 is 15.4 Å². The second kappa shape index (κ2) is 10.8. The zero-order valence-corrected chi connectivity index (χ0v) is 12.6. The highest BCUT2D eigenvalue weighted by atomic mass is 32.2. The van der Waals surface area contributed by atoms with Crippen LogP contribution in [0.3, 0.4) is 0 Å². The molecule has 0 saturated carbocycles. The second-order valence-corrected chi connectivity index (χ2v) is 6.82. The average Bonchev–Trinajstić information content (AvgIpc) is 2.30. The van der Waals surface area contributed by atoms with Crippen LogP contribution in [0.2, 0.25) is 0 Å².